The summed E-state index contributed by atoms with van der Waals surface area (Å²) in [5.74, 6) is 0.653. The van der Waals surface area contributed by atoms with Crippen LogP contribution in [0.3, 0.4) is 0 Å². The van der Waals surface area contributed by atoms with E-state index in [-0.39, 0.29) is 6.54 Å². The number of fused-ring (bicyclic) bond motifs is 1. The third-order valence-electron chi connectivity index (χ3n) is 2.75. The Morgan fingerprint density at radius 2 is 2.32 bits per heavy atom. The summed E-state index contributed by atoms with van der Waals surface area (Å²) in [5.41, 5.74) is 1.72. The van der Waals surface area contributed by atoms with Crippen LogP contribution < -0.4 is 0 Å². The van der Waals surface area contributed by atoms with Gasteiger partial charge in [0.1, 0.15) is 12.6 Å². The molecule has 0 aliphatic heterocycles. The lowest BCUT2D eigenvalue weighted by Gasteiger charge is -2.14. The van der Waals surface area contributed by atoms with Crippen LogP contribution in [-0.4, -0.2) is 39.8 Å². The molecule has 1 amide bonds. The molecule has 0 fully saturated rings. The first kappa shape index (κ1) is 13.8. The Morgan fingerprint density at radius 3 is 2.95 bits per heavy atom. The number of benzene rings is 1. The first-order valence-electron chi connectivity index (χ1n) is 5.60. The molecule has 0 saturated heterocycles. The van der Waals surface area contributed by atoms with Crippen molar-refractivity contribution in [3.05, 3.63) is 28.5 Å². The molecule has 0 atom stereocenters. The maximum absolute atomic E-state index is 10.9. The van der Waals surface area contributed by atoms with Crippen LogP contribution in [0.25, 0.3) is 11.0 Å². The monoisotopic (exact) mass is 327 g/mol. The smallest absolute Gasteiger partial charge is 0.407 e. The summed E-state index contributed by atoms with van der Waals surface area (Å²) in [6, 6.07) is 5.74. The highest BCUT2D eigenvalue weighted by Crippen LogP contribution is 2.21. The van der Waals surface area contributed by atoms with Gasteiger partial charge in [0.25, 0.3) is 0 Å². The lowest BCUT2D eigenvalue weighted by Crippen LogP contribution is -2.26. The molecule has 6 nitrogen and oxygen atoms in total. The van der Waals surface area contributed by atoms with Crippen molar-refractivity contribution < 1.29 is 14.6 Å². The zero-order valence-electron chi connectivity index (χ0n) is 10.6. The molecule has 0 aliphatic carbocycles. The number of hydrogen-bond acceptors (Lipinski definition) is 3. The fraction of sp³-hybridized carbons (Fsp3) is 0.333. The molecule has 1 aromatic carbocycles. The highest BCUT2D eigenvalue weighted by molar-refractivity contribution is 9.10. The summed E-state index contributed by atoms with van der Waals surface area (Å²) in [6.07, 6.45) is -0.989. The van der Waals surface area contributed by atoms with Gasteiger partial charge in [0, 0.05) is 18.6 Å². The summed E-state index contributed by atoms with van der Waals surface area (Å²) >= 11 is 3.39. The molecular weight excluding hydrogens is 314 g/mol. The van der Waals surface area contributed by atoms with Gasteiger partial charge in [-0.1, -0.05) is 15.9 Å². The summed E-state index contributed by atoms with van der Waals surface area (Å²) in [6.45, 7) is 0.548. The number of carboxylic acid groups (broad SMARTS) is 1. The van der Waals surface area contributed by atoms with Gasteiger partial charge in [-0.25, -0.2) is 9.78 Å². The molecule has 0 saturated carbocycles. The van der Waals surface area contributed by atoms with Gasteiger partial charge in [-0.15, -0.1) is 0 Å². The Morgan fingerprint density at radius 1 is 1.58 bits per heavy atom. The second kappa shape index (κ2) is 5.58. The minimum Gasteiger partial charge on any atom is -0.465 e. The maximum Gasteiger partial charge on any atom is 0.407 e. The molecule has 0 aliphatic rings. The summed E-state index contributed by atoms with van der Waals surface area (Å²) in [5, 5.41) is 8.93. The van der Waals surface area contributed by atoms with Crippen LogP contribution in [0.5, 0.6) is 0 Å². The van der Waals surface area contributed by atoms with Crippen LogP contribution in [0.4, 0.5) is 4.79 Å². The largest absolute Gasteiger partial charge is 0.465 e. The van der Waals surface area contributed by atoms with Gasteiger partial charge in [-0.3, -0.25) is 0 Å². The van der Waals surface area contributed by atoms with Crippen molar-refractivity contribution in [2.75, 3.05) is 14.2 Å². The molecule has 19 heavy (non-hydrogen) atoms. The molecule has 0 radical (unpaired) electrons. The van der Waals surface area contributed by atoms with Crippen LogP contribution in [0.2, 0.25) is 0 Å². The highest BCUT2D eigenvalue weighted by atomic mass is 79.9. The van der Waals surface area contributed by atoms with E-state index in [1.54, 1.807) is 7.11 Å². The van der Waals surface area contributed by atoms with Gasteiger partial charge in [-0.2, -0.15) is 0 Å². The average Bonchev–Trinajstić information content (AvgIpc) is 2.67. The number of aromatic nitrogens is 2. The van der Waals surface area contributed by atoms with Crippen LogP contribution in [0.15, 0.2) is 22.7 Å². The maximum atomic E-state index is 10.9. The van der Waals surface area contributed by atoms with Crippen molar-refractivity contribution in [3.63, 3.8) is 0 Å². The van der Waals surface area contributed by atoms with E-state index in [1.165, 1.54) is 11.9 Å². The fourth-order valence-corrected chi connectivity index (χ4v) is 2.18. The van der Waals surface area contributed by atoms with Gasteiger partial charge in [0.2, 0.25) is 0 Å². The van der Waals surface area contributed by atoms with Crippen LogP contribution >= 0.6 is 15.9 Å². The minimum absolute atomic E-state index is 0.213. The van der Waals surface area contributed by atoms with Crippen molar-refractivity contribution in [1.82, 2.24) is 14.5 Å². The molecule has 1 aromatic heterocycles. The topological polar surface area (TPSA) is 67.6 Å². The number of ether oxygens (including phenoxy) is 1. The van der Waals surface area contributed by atoms with E-state index in [0.29, 0.717) is 12.6 Å². The predicted molar refractivity (Wildman–Crippen MR) is 73.9 cm³/mol. The second-order valence-corrected chi connectivity index (χ2v) is 5.06. The van der Waals surface area contributed by atoms with Crippen molar-refractivity contribution in [3.8, 4) is 0 Å². The normalized spacial score (nSPS) is 10.9. The molecule has 1 heterocycles. The second-order valence-electron chi connectivity index (χ2n) is 4.15. The van der Waals surface area contributed by atoms with Gasteiger partial charge in [-0.05, 0) is 18.2 Å². The first-order valence-corrected chi connectivity index (χ1v) is 6.40. The fourth-order valence-electron chi connectivity index (χ4n) is 1.83. The zero-order valence-corrected chi connectivity index (χ0v) is 12.2. The predicted octanol–water partition coefficient (Wildman–Crippen LogP) is 2.51. The Kier molecular flexibility index (Phi) is 4.06. The van der Waals surface area contributed by atoms with E-state index in [2.05, 4.69) is 20.9 Å². The Hall–Kier alpha value is -1.60. The minimum atomic E-state index is -0.989. The number of hydrogen-bond donors (Lipinski definition) is 1. The third kappa shape index (κ3) is 2.87. The number of amides is 1. The standard InChI is InChI=1S/C12H14BrN3O3/c1-15(12(17)18)6-11-14-9-5-8(13)3-4-10(9)16(11)7-19-2/h3-5H,6-7H2,1-2H3,(H,17,18). The van der Waals surface area contributed by atoms with Gasteiger partial charge >= 0.3 is 6.09 Å². The van der Waals surface area contributed by atoms with E-state index in [9.17, 15) is 4.79 Å². The lowest BCUT2D eigenvalue weighted by molar-refractivity contribution is 0.126. The molecule has 2 rings (SSSR count). The number of rotatable bonds is 4. The number of nitrogens with zero attached hydrogens (tertiary/aromatic N) is 3. The first-order chi connectivity index (χ1) is 9.02. The van der Waals surface area contributed by atoms with Crippen molar-refractivity contribution in [2.45, 2.75) is 13.3 Å². The SMILES string of the molecule is COCn1c(CN(C)C(=O)O)nc2cc(Br)ccc21. The molecule has 0 unspecified atom stereocenters. The molecule has 2 aromatic rings. The number of halogens is 1. The van der Waals surface area contributed by atoms with Gasteiger partial charge in [0.05, 0.1) is 17.6 Å². The van der Waals surface area contributed by atoms with Crippen LogP contribution in [0.1, 0.15) is 5.82 Å². The summed E-state index contributed by atoms with van der Waals surface area (Å²) < 4.78 is 7.95. The third-order valence-corrected chi connectivity index (χ3v) is 3.25. The van der Waals surface area contributed by atoms with Crippen LogP contribution in [0, 0.1) is 0 Å². The van der Waals surface area contributed by atoms with E-state index < -0.39 is 6.09 Å². The van der Waals surface area contributed by atoms with E-state index >= 15 is 0 Å². The van der Waals surface area contributed by atoms with E-state index in [0.717, 1.165) is 15.5 Å². The molecule has 7 heteroatoms. The molecule has 1 N–H and O–H groups in total. The van der Waals surface area contributed by atoms with Gasteiger partial charge in [0.15, 0.2) is 0 Å². The zero-order chi connectivity index (χ0) is 14.0. The summed E-state index contributed by atoms with van der Waals surface area (Å²) in [4.78, 5) is 16.5. The molecule has 0 spiro atoms. The molecular formula is C12H14BrN3O3. The quantitative estimate of drug-likeness (QED) is 0.936. The number of carbonyl (C=O) groups is 1. The van der Waals surface area contributed by atoms with Gasteiger partial charge < -0.3 is 19.3 Å². The number of imidazole rings is 1. The highest BCUT2D eigenvalue weighted by Gasteiger charge is 2.15. The Balaban J connectivity index is 2.46. The van der Waals surface area contributed by atoms with Crippen molar-refractivity contribution >= 4 is 33.1 Å². The summed E-state index contributed by atoms with van der Waals surface area (Å²) in [7, 11) is 3.10. The number of methoxy groups -OCH3 is 1. The van der Waals surface area contributed by atoms with Crippen LogP contribution in [-0.2, 0) is 18.0 Å². The van der Waals surface area contributed by atoms with E-state index in [1.807, 2.05) is 22.8 Å². The van der Waals surface area contributed by atoms with Crippen molar-refractivity contribution in [1.29, 1.82) is 0 Å². The molecule has 102 valence electrons. The van der Waals surface area contributed by atoms with Crippen molar-refractivity contribution in [2.24, 2.45) is 0 Å². The lowest BCUT2D eigenvalue weighted by atomic mass is 10.3. The average molecular weight is 328 g/mol. The van der Waals surface area contributed by atoms with E-state index in [4.69, 9.17) is 9.84 Å². The molecule has 0 bridgehead atoms. The Labute approximate surface area is 118 Å². The Bertz CT molecular complexity index is 612.